The molecule has 0 radical (unpaired) electrons. The lowest BCUT2D eigenvalue weighted by atomic mass is 9.92. The van der Waals surface area contributed by atoms with Gasteiger partial charge in [-0.1, -0.05) is 11.2 Å². The van der Waals surface area contributed by atoms with Crippen molar-refractivity contribution < 1.29 is 22.4 Å². The number of fused-ring (bicyclic) bond motifs is 2. The number of nitrogens with zero attached hydrogens (tertiary/aromatic N) is 6. The van der Waals surface area contributed by atoms with Gasteiger partial charge in [0.15, 0.2) is 5.82 Å². The smallest absolute Gasteiger partial charge is 0.416 e. The third kappa shape index (κ3) is 4.65. The predicted octanol–water partition coefficient (Wildman–Crippen LogP) is 5.00. The summed E-state index contributed by atoms with van der Waals surface area (Å²) in [7, 11) is 0. The van der Waals surface area contributed by atoms with Crippen LogP contribution in [0, 0.1) is 25.7 Å². The average Bonchev–Trinajstić information content (AvgIpc) is 3.45. The van der Waals surface area contributed by atoms with Gasteiger partial charge < -0.3 is 19.5 Å². The van der Waals surface area contributed by atoms with Crippen molar-refractivity contribution in [2.45, 2.75) is 58.8 Å². The highest BCUT2D eigenvalue weighted by Gasteiger charge is 2.44. The Morgan fingerprint density at radius 1 is 1.11 bits per heavy atom. The van der Waals surface area contributed by atoms with E-state index in [0.29, 0.717) is 29.6 Å². The second kappa shape index (κ2) is 8.72. The first kappa shape index (κ1) is 23.4. The molecule has 0 amide bonds. The van der Waals surface area contributed by atoms with Gasteiger partial charge in [-0.05, 0) is 70.1 Å². The van der Waals surface area contributed by atoms with Crippen LogP contribution in [0.15, 0.2) is 22.7 Å². The molecular formula is C23H28F3N7O2. The lowest BCUT2D eigenvalue weighted by Gasteiger charge is -2.37. The van der Waals surface area contributed by atoms with Crippen molar-refractivity contribution in [2.24, 2.45) is 11.8 Å². The van der Waals surface area contributed by atoms with E-state index in [2.05, 4.69) is 30.4 Å². The normalized spacial score (nSPS) is 22.2. The number of benzene rings is 1. The molecule has 0 spiro atoms. The summed E-state index contributed by atoms with van der Waals surface area (Å²) in [6.07, 6.45) is -2.34. The van der Waals surface area contributed by atoms with Gasteiger partial charge in [0.1, 0.15) is 5.75 Å². The van der Waals surface area contributed by atoms with E-state index in [9.17, 15) is 13.2 Å². The van der Waals surface area contributed by atoms with Crippen LogP contribution in [0.25, 0.3) is 0 Å². The molecule has 2 aromatic heterocycles. The maximum Gasteiger partial charge on any atom is 0.416 e. The lowest BCUT2D eigenvalue weighted by molar-refractivity contribution is -0.138. The Kier molecular flexibility index (Phi) is 5.84. The van der Waals surface area contributed by atoms with Crippen molar-refractivity contribution in [1.29, 1.82) is 0 Å². The minimum absolute atomic E-state index is 0.0620. The molecule has 1 aromatic carbocycles. The average molecular weight is 492 g/mol. The van der Waals surface area contributed by atoms with Gasteiger partial charge in [0.25, 0.3) is 0 Å². The molecule has 1 N–H and O–H groups in total. The number of anilines is 2. The first-order chi connectivity index (χ1) is 16.6. The fraction of sp³-hybridized carbons (Fsp3) is 0.565. The second-order valence-corrected chi connectivity index (χ2v) is 9.63. The number of rotatable bonds is 6. The first-order valence-corrected chi connectivity index (χ1v) is 11.7. The van der Waals surface area contributed by atoms with Crippen LogP contribution in [-0.2, 0) is 6.18 Å². The van der Waals surface area contributed by atoms with Crippen molar-refractivity contribution >= 4 is 12.0 Å². The van der Waals surface area contributed by atoms with Gasteiger partial charge >= 0.3 is 18.2 Å². The molecule has 1 saturated heterocycles. The molecule has 188 valence electrons. The number of halogens is 3. The Hall–Kier alpha value is -3.31. The number of ether oxygens (including phenoxy) is 1. The van der Waals surface area contributed by atoms with Crippen LogP contribution in [0.1, 0.15) is 49.7 Å². The Morgan fingerprint density at radius 2 is 1.83 bits per heavy atom. The zero-order valence-corrected chi connectivity index (χ0v) is 20.0. The first-order valence-electron chi connectivity index (χ1n) is 11.7. The standard InChI is InChI=1S/C23H28F3N7O2/c1-12(2)33-22(34-17-8-5-13(3)18(9-17)23(24,25)26)29-20(30-33)28-19-15-6-7-16(19)11-32(10-15)21-27-14(4)31-35-21/h5,8-9,12,15-16,19H,6-7,10-11H2,1-4H3,(H,28,30)/t15-,16+,19-. The maximum absolute atomic E-state index is 13.3. The molecule has 2 aliphatic rings. The highest BCUT2D eigenvalue weighted by molar-refractivity contribution is 5.39. The largest absolute Gasteiger partial charge is 0.424 e. The van der Waals surface area contributed by atoms with Crippen LogP contribution in [0.5, 0.6) is 11.8 Å². The monoisotopic (exact) mass is 491 g/mol. The molecule has 2 fully saturated rings. The summed E-state index contributed by atoms with van der Waals surface area (Å²) in [6.45, 7) is 8.62. The predicted molar refractivity (Wildman–Crippen MR) is 122 cm³/mol. The Morgan fingerprint density at radius 3 is 2.43 bits per heavy atom. The van der Waals surface area contributed by atoms with Crippen molar-refractivity contribution in [3.63, 3.8) is 0 Å². The molecule has 1 saturated carbocycles. The molecule has 1 aliphatic carbocycles. The summed E-state index contributed by atoms with van der Waals surface area (Å²) in [4.78, 5) is 11.0. The molecule has 3 atom stereocenters. The summed E-state index contributed by atoms with van der Waals surface area (Å²) < 4.78 is 52.7. The van der Waals surface area contributed by atoms with E-state index in [0.717, 1.165) is 32.0 Å². The number of hydrogen-bond acceptors (Lipinski definition) is 8. The van der Waals surface area contributed by atoms with E-state index >= 15 is 0 Å². The van der Waals surface area contributed by atoms with E-state index in [4.69, 9.17) is 9.26 Å². The van der Waals surface area contributed by atoms with E-state index in [1.54, 1.807) is 11.6 Å². The molecule has 2 bridgehead atoms. The quantitative estimate of drug-likeness (QED) is 0.515. The zero-order valence-electron chi connectivity index (χ0n) is 20.0. The molecule has 35 heavy (non-hydrogen) atoms. The van der Waals surface area contributed by atoms with Gasteiger partial charge in [0.2, 0.25) is 5.95 Å². The minimum Gasteiger partial charge on any atom is -0.424 e. The third-order valence-corrected chi connectivity index (χ3v) is 6.73. The second-order valence-electron chi connectivity index (χ2n) is 9.63. The molecule has 9 nitrogen and oxygen atoms in total. The number of piperidine rings is 1. The van der Waals surface area contributed by atoms with Crippen LogP contribution < -0.4 is 15.0 Å². The van der Waals surface area contributed by atoms with E-state index in [1.165, 1.54) is 19.1 Å². The molecule has 3 heterocycles. The highest BCUT2D eigenvalue weighted by Crippen LogP contribution is 2.40. The fourth-order valence-electron chi connectivity index (χ4n) is 5.03. The third-order valence-electron chi connectivity index (χ3n) is 6.73. The van der Waals surface area contributed by atoms with Crippen LogP contribution in [-0.4, -0.2) is 44.0 Å². The SMILES string of the molecule is Cc1noc(N2C[C@H]3CC[C@@H](C2)[C@@H]3Nc2nc(Oc3ccc(C)c(C(F)(F)F)c3)n(C(C)C)n2)n1. The molecule has 3 aromatic rings. The van der Waals surface area contributed by atoms with Crippen molar-refractivity contribution in [3.05, 3.63) is 35.2 Å². The summed E-state index contributed by atoms with van der Waals surface area (Å²) in [5.74, 6) is 1.78. The molecule has 0 unspecified atom stereocenters. The number of alkyl halides is 3. The lowest BCUT2D eigenvalue weighted by Crippen LogP contribution is -2.48. The number of nitrogens with one attached hydrogen (secondary N) is 1. The molecule has 12 heteroatoms. The van der Waals surface area contributed by atoms with Crippen LogP contribution in [0.3, 0.4) is 0 Å². The van der Waals surface area contributed by atoms with Crippen LogP contribution in [0.2, 0.25) is 0 Å². The van der Waals surface area contributed by atoms with E-state index < -0.39 is 11.7 Å². The Bertz CT molecular complexity index is 1190. The molecule has 1 aliphatic heterocycles. The Balaban J connectivity index is 1.34. The van der Waals surface area contributed by atoms with E-state index in [-0.39, 0.29) is 29.4 Å². The summed E-state index contributed by atoms with van der Waals surface area (Å²) in [6, 6.07) is 4.66. The van der Waals surface area contributed by atoms with Gasteiger partial charge in [-0.15, -0.1) is 5.10 Å². The van der Waals surface area contributed by atoms with Gasteiger partial charge in [0.05, 0.1) is 11.6 Å². The van der Waals surface area contributed by atoms with Gasteiger partial charge in [-0.2, -0.15) is 23.1 Å². The van der Waals surface area contributed by atoms with Gasteiger partial charge in [-0.3, -0.25) is 0 Å². The summed E-state index contributed by atoms with van der Waals surface area (Å²) >= 11 is 0. The molecule has 5 rings (SSSR count). The number of aromatic nitrogens is 5. The number of hydrogen-bond donors (Lipinski definition) is 1. The van der Waals surface area contributed by atoms with Crippen LogP contribution in [0.4, 0.5) is 25.1 Å². The highest BCUT2D eigenvalue weighted by atomic mass is 19.4. The van der Waals surface area contributed by atoms with E-state index in [1.807, 2.05) is 13.8 Å². The number of aryl methyl sites for hydroxylation is 2. The molecular weight excluding hydrogens is 463 g/mol. The van der Waals surface area contributed by atoms with Gasteiger partial charge in [-0.25, -0.2) is 4.68 Å². The topological polar surface area (TPSA) is 94.1 Å². The maximum atomic E-state index is 13.3. The fourth-order valence-corrected chi connectivity index (χ4v) is 5.03. The zero-order chi connectivity index (χ0) is 24.9. The Labute approximate surface area is 200 Å². The van der Waals surface area contributed by atoms with Crippen LogP contribution >= 0.6 is 0 Å². The summed E-state index contributed by atoms with van der Waals surface area (Å²) in [5.41, 5.74) is -0.598. The summed E-state index contributed by atoms with van der Waals surface area (Å²) in [5, 5.41) is 11.9. The minimum atomic E-state index is -4.46. The van der Waals surface area contributed by atoms with Crippen molar-refractivity contribution in [1.82, 2.24) is 24.9 Å². The van der Waals surface area contributed by atoms with Crippen molar-refractivity contribution in [2.75, 3.05) is 23.3 Å². The van der Waals surface area contributed by atoms with Crippen molar-refractivity contribution in [3.8, 4) is 11.8 Å². The van der Waals surface area contributed by atoms with Gasteiger partial charge in [0, 0.05) is 19.1 Å².